The van der Waals surface area contributed by atoms with E-state index < -0.39 is 11.9 Å². The summed E-state index contributed by atoms with van der Waals surface area (Å²) in [5, 5.41) is 4.08. The van der Waals surface area contributed by atoms with Crippen LogP contribution in [0, 0.1) is 6.92 Å². The first kappa shape index (κ1) is 24.9. The number of halogens is 1. The number of carbonyl (C=O) groups is 2. The lowest BCUT2D eigenvalue weighted by Crippen LogP contribution is -2.19. The largest absolute Gasteiger partial charge is 0.488 e. The number of rotatable bonds is 8. The van der Waals surface area contributed by atoms with Gasteiger partial charge in [-0.15, -0.1) is 0 Å². The third-order valence-corrected chi connectivity index (χ3v) is 5.77. The predicted octanol–water partition coefficient (Wildman–Crippen LogP) is 6.32. The molecular weight excluding hydrogens is 520 g/mol. The van der Waals surface area contributed by atoms with Gasteiger partial charge in [0.05, 0.1) is 17.3 Å². The number of hydrogen-bond donors (Lipinski definition) is 1. The number of hydrazone groups is 1. The molecule has 0 unspecified atom stereocenters. The van der Waals surface area contributed by atoms with Crippen molar-refractivity contribution in [3.05, 3.63) is 129 Å². The zero-order valence-corrected chi connectivity index (χ0v) is 21.1. The Hall–Kier alpha value is -4.23. The molecule has 0 fully saturated rings. The van der Waals surface area contributed by atoms with Crippen molar-refractivity contribution >= 4 is 34.0 Å². The average Bonchev–Trinajstić information content (AvgIpc) is 2.90. The van der Waals surface area contributed by atoms with Crippen molar-refractivity contribution in [2.75, 3.05) is 0 Å². The normalized spacial score (nSPS) is 10.7. The van der Waals surface area contributed by atoms with E-state index in [1.165, 1.54) is 6.21 Å². The van der Waals surface area contributed by atoms with Crippen molar-refractivity contribution < 1.29 is 19.1 Å². The van der Waals surface area contributed by atoms with E-state index in [9.17, 15) is 9.59 Å². The Balaban J connectivity index is 1.46. The number of aryl methyl sites for hydroxylation is 1. The maximum Gasteiger partial charge on any atom is 0.343 e. The summed E-state index contributed by atoms with van der Waals surface area (Å²) in [4.78, 5) is 25.5. The molecule has 1 amide bonds. The topological polar surface area (TPSA) is 77.0 Å². The quantitative estimate of drug-likeness (QED) is 0.122. The molecule has 0 bridgehead atoms. The summed E-state index contributed by atoms with van der Waals surface area (Å²) in [7, 11) is 0. The molecule has 0 radical (unpaired) electrons. The molecule has 0 heterocycles. The number of amides is 1. The van der Waals surface area contributed by atoms with Gasteiger partial charge in [-0.2, -0.15) is 5.10 Å². The molecule has 0 aromatic heterocycles. The van der Waals surface area contributed by atoms with Crippen LogP contribution in [0.4, 0.5) is 0 Å². The molecule has 4 aromatic rings. The Labute approximate surface area is 217 Å². The highest BCUT2D eigenvalue weighted by Gasteiger charge is 2.14. The van der Waals surface area contributed by atoms with Gasteiger partial charge < -0.3 is 9.47 Å². The zero-order chi connectivity index (χ0) is 25.3. The molecule has 1 N–H and O–H groups in total. The van der Waals surface area contributed by atoms with Gasteiger partial charge in [-0.3, -0.25) is 4.79 Å². The molecule has 0 aliphatic heterocycles. The van der Waals surface area contributed by atoms with Gasteiger partial charge in [0.15, 0.2) is 0 Å². The fourth-order valence-electron chi connectivity index (χ4n) is 3.41. The minimum absolute atomic E-state index is 0.316. The lowest BCUT2D eigenvalue weighted by atomic mass is 10.1. The predicted molar refractivity (Wildman–Crippen MR) is 143 cm³/mol. The van der Waals surface area contributed by atoms with Crippen molar-refractivity contribution in [1.82, 2.24) is 5.43 Å². The number of benzene rings is 4. The van der Waals surface area contributed by atoms with Gasteiger partial charge in [0.1, 0.15) is 18.1 Å². The van der Waals surface area contributed by atoms with Crippen LogP contribution in [0.25, 0.3) is 0 Å². The summed E-state index contributed by atoms with van der Waals surface area (Å²) in [5.41, 5.74) is 5.67. The lowest BCUT2D eigenvalue weighted by Gasteiger charge is -2.11. The van der Waals surface area contributed by atoms with Gasteiger partial charge in [-0.05, 0) is 54.4 Å². The monoisotopic (exact) mass is 542 g/mol. The highest BCUT2D eigenvalue weighted by molar-refractivity contribution is 9.10. The van der Waals surface area contributed by atoms with Crippen LogP contribution in [0.3, 0.4) is 0 Å². The van der Waals surface area contributed by atoms with E-state index in [4.69, 9.17) is 9.47 Å². The first-order valence-corrected chi connectivity index (χ1v) is 12.0. The third kappa shape index (κ3) is 6.46. The fraction of sp³-hybridized carbons (Fsp3) is 0.0690. The number of carbonyl (C=O) groups excluding carboxylic acids is 2. The SMILES string of the molecule is Cc1ccccc1C(=O)Oc1ccc(Br)cc1/C=N\NC(=O)c1ccccc1OCc1ccccc1. The van der Waals surface area contributed by atoms with Gasteiger partial charge in [0.25, 0.3) is 5.91 Å². The molecular formula is C29H23BrN2O4. The molecule has 6 nitrogen and oxygen atoms in total. The number of para-hydroxylation sites is 1. The van der Waals surface area contributed by atoms with Gasteiger partial charge >= 0.3 is 5.97 Å². The second kappa shape index (κ2) is 12.0. The summed E-state index contributed by atoms with van der Waals surface area (Å²) in [6.07, 6.45) is 1.43. The molecule has 0 atom stereocenters. The van der Waals surface area contributed by atoms with Gasteiger partial charge in [0.2, 0.25) is 0 Å². The number of nitrogens with one attached hydrogen (secondary N) is 1. The first-order valence-electron chi connectivity index (χ1n) is 11.2. The van der Waals surface area contributed by atoms with E-state index in [-0.39, 0.29) is 0 Å². The van der Waals surface area contributed by atoms with Gasteiger partial charge in [-0.1, -0.05) is 76.6 Å². The second-order valence-corrected chi connectivity index (χ2v) is 8.77. The third-order valence-electron chi connectivity index (χ3n) is 5.28. The van der Waals surface area contributed by atoms with Crippen LogP contribution in [0.5, 0.6) is 11.5 Å². The number of esters is 1. The van der Waals surface area contributed by atoms with Crippen LogP contribution in [-0.4, -0.2) is 18.1 Å². The van der Waals surface area contributed by atoms with Crippen molar-refractivity contribution in [2.24, 2.45) is 5.10 Å². The highest BCUT2D eigenvalue weighted by Crippen LogP contribution is 2.24. The highest BCUT2D eigenvalue weighted by atomic mass is 79.9. The molecule has 0 aliphatic rings. The van der Waals surface area contributed by atoms with Crippen LogP contribution in [0.1, 0.15) is 37.4 Å². The Kier molecular flexibility index (Phi) is 8.26. The van der Waals surface area contributed by atoms with Crippen LogP contribution in [0.15, 0.2) is 107 Å². The van der Waals surface area contributed by atoms with E-state index >= 15 is 0 Å². The van der Waals surface area contributed by atoms with Crippen molar-refractivity contribution in [3.8, 4) is 11.5 Å². The minimum Gasteiger partial charge on any atom is -0.488 e. The molecule has 180 valence electrons. The van der Waals surface area contributed by atoms with Crippen molar-refractivity contribution in [1.29, 1.82) is 0 Å². The second-order valence-electron chi connectivity index (χ2n) is 7.86. The fourth-order valence-corrected chi connectivity index (χ4v) is 3.78. The molecule has 0 saturated carbocycles. The van der Waals surface area contributed by atoms with E-state index in [1.807, 2.05) is 49.4 Å². The van der Waals surface area contributed by atoms with Crippen LogP contribution >= 0.6 is 15.9 Å². The molecule has 0 saturated heterocycles. The van der Waals surface area contributed by atoms with E-state index in [0.717, 1.165) is 15.6 Å². The summed E-state index contributed by atoms with van der Waals surface area (Å²) in [6.45, 7) is 2.18. The van der Waals surface area contributed by atoms with Gasteiger partial charge in [-0.25, -0.2) is 10.2 Å². The van der Waals surface area contributed by atoms with Crippen LogP contribution in [-0.2, 0) is 6.61 Å². The molecule has 4 aromatic carbocycles. The van der Waals surface area contributed by atoms with E-state index in [0.29, 0.717) is 34.8 Å². The van der Waals surface area contributed by atoms with Crippen LogP contribution < -0.4 is 14.9 Å². The Bertz CT molecular complexity index is 1400. The lowest BCUT2D eigenvalue weighted by molar-refractivity contribution is 0.0733. The molecule has 7 heteroatoms. The Morgan fingerprint density at radius 2 is 1.56 bits per heavy atom. The molecule has 4 rings (SSSR count). The van der Waals surface area contributed by atoms with E-state index in [2.05, 4.69) is 26.5 Å². The number of ether oxygens (including phenoxy) is 2. The molecule has 0 aliphatic carbocycles. The summed E-state index contributed by atoms with van der Waals surface area (Å²) < 4.78 is 12.3. The minimum atomic E-state index is -0.474. The summed E-state index contributed by atoms with van der Waals surface area (Å²) in [6, 6.07) is 29.0. The maximum atomic E-state index is 12.8. The smallest absolute Gasteiger partial charge is 0.343 e. The zero-order valence-electron chi connectivity index (χ0n) is 19.5. The number of nitrogens with zero attached hydrogens (tertiary/aromatic N) is 1. The van der Waals surface area contributed by atoms with Crippen molar-refractivity contribution in [2.45, 2.75) is 13.5 Å². The molecule has 36 heavy (non-hydrogen) atoms. The summed E-state index contributed by atoms with van der Waals surface area (Å²) in [5.74, 6) is -0.137. The first-order chi connectivity index (χ1) is 17.5. The standard InChI is InChI=1S/C29H23BrN2O4/c1-20-9-5-6-12-24(20)29(34)36-26-16-15-23(30)17-22(26)18-31-32-28(33)25-13-7-8-14-27(25)35-19-21-10-3-2-4-11-21/h2-18H,19H2,1H3,(H,32,33)/b31-18-. The molecule has 0 spiro atoms. The number of hydrogen-bond acceptors (Lipinski definition) is 5. The average molecular weight is 543 g/mol. The van der Waals surface area contributed by atoms with Gasteiger partial charge in [0, 0.05) is 10.0 Å². The Morgan fingerprint density at radius 3 is 2.33 bits per heavy atom. The van der Waals surface area contributed by atoms with Crippen LogP contribution in [0.2, 0.25) is 0 Å². The Morgan fingerprint density at radius 1 is 0.861 bits per heavy atom. The summed E-state index contributed by atoms with van der Waals surface area (Å²) >= 11 is 3.42. The van der Waals surface area contributed by atoms with E-state index in [1.54, 1.807) is 54.6 Å². The maximum absolute atomic E-state index is 12.8. The van der Waals surface area contributed by atoms with Crippen molar-refractivity contribution in [3.63, 3.8) is 0 Å².